The third-order valence-corrected chi connectivity index (χ3v) is 7.76. The fourth-order valence-corrected chi connectivity index (χ4v) is 7.16. The van der Waals surface area contributed by atoms with Crippen molar-refractivity contribution >= 4 is 50.2 Å². The topological polar surface area (TPSA) is 113 Å². The fraction of sp³-hybridized carbons (Fsp3) is 0.438. The SMILES string of the molecule is O=C(O)COCC(=O)N=C1S[C@@H]2CS(=O)(=O)C[C@H]2N1Cc1ccccc1Cl. The number of amidine groups is 1. The first-order chi connectivity index (χ1) is 12.7. The van der Waals surface area contributed by atoms with Crippen molar-refractivity contribution in [1.29, 1.82) is 0 Å². The molecule has 0 radical (unpaired) electrons. The number of amides is 1. The lowest BCUT2D eigenvalue weighted by molar-refractivity contribution is -0.143. The standard InChI is InChI=1S/C16H17ClN2O6S2/c17-11-4-2-1-3-10(11)5-19-12-8-27(23,24)9-13(12)26-16(19)18-14(20)6-25-7-15(21)22/h1-4,12-13H,5-9H2,(H,21,22)/t12-,13-/m1/s1. The van der Waals surface area contributed by atoms with Crippen LogP contribution in [0.4, 0.5) is 0 Å². The highest BCUT2D eigenvalue weighted by molar-refractivity contribution is 8.15. The van der Waals surface area contributed by atoms with E-state index < -0.39 is 34.9 Å². The van der Waals surface area contributed by atoms with E-state index in [0.717, 1.165) is 5.56 Å². The lowest BCUT2D eigenvalue weighted by atomic mass is 10.1. The van der Waals surface area contributed by atoms with Gasteiger partial charge in [-0.15, -0.1) is 0 Å². The molecule has 0 aromatic heterocycles. The highest BCUT2D eigenvalue weighted by Crippen LogP contribution is 2.39. The van der Waals surface area contributed by atoms with Crippen molar-refractivity contribution in [2.24, 2.45) is 4.99 Å². The Bertz CT molecular complexity index is 889. The van der Waals surface area contributed by atoms with Crippen LogP contribution in [0.1, 0.15) is 5.56 Å². The maximum absolute atomic E-state index is 12.0. The van der Waals surface area contributed by atoms with E-state index in [2.05, 4.69) is 4.99 Å². The number of sulfone groups is 1. The smallest absolute Gasteiger partial charge is 0.329 e. The molecule has 146 valence electrons. The maximum atomic E-state index is 12.0. The minimum Gasteiger partial charge on any atom is -0.480 e. The van der Waals surface area contributed by atoms with Crippen molar-refractivity contribution in [3.05, 3.63) is 34.9 Å². The molecule has 2 saturated heterocycles. The molecule has 2 fully saturated rings. The number of carboxylic acids is 1. The Labute approximate surface area is 165 Å². The highest BCUT2D eigenvalue weighted by Gasteiger charge is 2.48. The lowest BCUT2D eigenvalue weighted by Gasteiger charge is -2.24. The number of fused-ring (bicyclic) bond motifs is 1. The molecule has 2 heterocycles. The van der Waals surface area contributed by atoms with Gasteiger partial charge in [0.2, 0.25) is 0 Å². The van der Waals surface area contributed by atoms with E-state index >= 15 is 0 Å². The van der Waals surface area contributed by atoms with E-state index in [-0.39, 0.29) is 22.8 Å². The van der Waals surface area contributed by atoms with Crippen LogP contribution in [0.2, 0.25) is 5.02 Å². The van der Waals surface area contributed by atoms with E-state index in [1.165, 1.54) is 11.8 Å². The van der Waals surface area contributed by atoms with Crippen LogP contribution >= 0.6 is 23.4 Å². The molecule has 2 atom stereocenters. The lowest BCUT2D eigenvalue weighted by Crippen LogP contribution is -2.37. The van der Waals surface area contributed by atoms with E-state index in [1.807, 2.05) is 12.1 Å². The van der Waals surface area contributed by atoms with Gasteiger partial charge in [-0.05, 0) is 11.6 Å². The summed E-state index contributed by atoms with van der Waals surface area (Å²) in [5.41, 5.74) is 0.798. The van der Waals surface area contributed by atoms with Crippen LogP contribution in [0.5, 0.6) is 0 Å². The molecule has 2 aliphatic rings. The molecule has 1 aromatic carbocycles. The summed E-state index contributed by atoms with van der Waals surface area (Å²) in [6.07, 6.45) is 0. The maximum Gasteiger partial charge on any atom is 0.329 e. The molecule has 1 aromatic rings. The number of aliphatic carboxylic acids is 1. The average Bonchev–Trinajstić information content (AvgIpc) is 3.01. The molecule has 0 unspecified atom stereocenters. The summed E-state index contributed by atoms with van der Waals surface area (Å²) in [6, 6.07) is 6.91. The summed E-state index contributed by atoms with van der Waals surface area (Å²) in [7, 11) is -3.14. The van der Waals surface area contributed by atoms with Crippen LogP contribution in [0.3, 0.4) is 0 Å². The second kappa shape index (κ2) is 8.17. The predicted octanol–water partition coefficient (Wildman–Crippen LogP) is 1.04. The number of thioether (sulfide) groups is 1. The normalized spacial score (nSPS) is 24.9. The zero-order valence-electron chi connectivity index (χ0n) is 14.1. The Hall–Kier alpha value is -1.62. The van der Waals surface area contributed by atoms with Gasteiger partial charge in [-0.3, -0.25) is 4.79 Å². The predicted molar refractivity (Wildman–Crippen MR) is 102 cm³/mol. The number of hydrogen-bond donors (Lipinski definition) is 1. The summed E-state index contributed by atoms with van der Waals surface area (Å²) in [4.78, 5) is 28.3. The van der Waals surface area contributed by atoms with Gasteiger partial charge in [0.15, 0.2) is 15.0 Å². The van der Waals surface area contributed by atoms with E-state index in [1.54, 1.807) is 17.0 Å². The summed E-state index contributed by atoms with van der Waals surface area (Å²) < 4.78 is 28.8. The Balaban J connectivity index is 1.79. The quantitative estimate of drug-likeness (QED) is 0.709. The minimum absolute atomic E-state index is 0.00214. The first-order valence-electron chi connectivity index (χ1n) is 8.03. The van der Waals surface area contributed by atoms with Crippen LogP contribution in [0.25, 0.3) is 0 Å². The number of rotatable bonds is 6. The zero-order valence-corrected chi connectivity index (χ0v) is 16.5. The van der Waals surface area contributed by atoms with Gasteiger partial charge in [0, 0.05) is 16.8 Å². The Morgan fingerprint density at radius 1 is 1.30 bits per heavy atom. The van der Waals surface area contributed by atoms with Gasteiger partial charge >= 0.3 is 5.97 Å². The molecule has 0 saturated carbocycles. The molecule has 0 aliphatic carbocycles. The zero-order chi connectivity index (χ0) is 19.6. The van der Waals surface area contributed by atoms with Crippen LogP contribution < -0.4 is 0 Å². The van der Waals surface area contributed by atoms with Crippen molar-refractivity contribution in [2.75, 3.05) is 24.7 Å². The summed E-state index contributed by atoms with van der Waals surface area (Å²) in [5, 5.41) is 9.29. The van der Waals surface area contributed by atoms with Crippen LogP contribution in [0, 0.1) is 0 Å². The van der Waals surface area contributed by atoms with E-state index in [4.69, 9.17) is 21.4 Å². The highest BCUT2D eigenvalue weighted by atomic mass is 35.5. The van der Waals surface area contributed by atoms with Gasteiger partial charge < -0.3 is 14.7 Å². The van der Waals surface area contributed by atoms with Gasteiger partial charge in [0.1, 0.15) is 13.2 Å². The third-order valence-electron chi connectivity index (χ3n) is 4.14. The van der Waals surface area contributed by atoms with Gasteiger partial charge in [-0.25, -0.2) is 13.2 Å². The van der Waals surface area contributed by atoms with Gasteiger partial charge in [-0.2, -0.15) is 4.99 Å². The van der Waals surface area contributed by atoms with Gasteiger partial charge in [0.25, 0.3) is 5.91 Å². The number of nitrogens with zero attached hydrogens (tertiary/aromatic N) is 2. The van der Waals surface area contributed by atoms with Crippen molar-refractivity contribution < 1.29 is 27.9 Å². The number of ether oxygens (including phenoxy) is 1. The Kier molecular flexibility index (Phi) is 6.09. The number of hydrogen-bond acceptors (Lipinski definition) is 6. The number of halogens is 1. The fourth-order valence-electron chi connectivity index (χ4n) is 3.00. The average molecular weight is 433 g/mol. The molecule has 3 rings (SSSR count). The summed E-state index contributed by atoms with van der Waals surface area (Å²) in [5.74, 6) is -1.77. The first kappa shape index (κ1) is 20.1. The Morgan fingerprint density at radius 3 is 2.74 bits per heavy atom. The number of carbonyl (C=O) groups excluding carboxylic acids is 1. The molecule has 2 aliphatic heterocycles. The van der Waals surface area contributed by atoms with Crippen molar-refractivity contribution in [2.45, 2.75) is 17.8 Å². The van der Waals surface area contributed by atoms with E-state index in [9.17, 15) is 18.0 Å². The van der Waals surface area contributed by atoms with Crippen molar-refractivity contribution in [1.82, 2.24) is 4.90 Å². The molecule has 0 bridgehead atoms. The third kappa shape index (κ3) is 5.01. The van der Waals surface area contributed by atoms with Gasteiger partial charge in [-0.1, -0.05) is 41.6 Å². The molecule has 1 amide bonds. The Morgan fingerprint density at radius 2 is 2.04 bits per heavy atom. The molecular weight excluding hydrogens is 416 g/mol. The van der Waals surface area contributed by atoms with Gasteiger partial charge in [0.05, 0.1) is 17.5 Å². The second-order valence-corrected chi connectivity index (χ2v) is 9.96. The van der Waals surface area contributed by atoms with Crippen LogP contribution in [-0.4, -0.2) is 71.5 Å². The molecule has 11 heteroatoms. The molecule has 27 heavy (non-hydrogen) atoms. The number of benzene rings is 1. The molecule has 8 nitrogen and oxygen atoms in total. The van der Waals surface area contributed by atoms with Crippen LogP contribution in [0.15, 0.2) is 29.3 Å². The molecule has 0 spiro atoms. The monoisotopic (exact) mass is 432 g/mol. The summed E-state index contributed by atoms with van der Waals surface area (Å²) in [6.45, 7) is -0.716. The minimum atomic E-state index is -3.14. The second-order valence-electron chi connectivity index (χ2n) is 6.19. The van der Waals surface area contributed by atoms with Crippen molar-refractivity contribution in [3.63, 3.8) is 0 Å². The number of carboxylic acid groups (broad SMARTS) is 1. The van der Waals surface area contributed by atoms with Crippen LogP contribution in [-0.2, 0) is 30.7 Å². The number of carbonyl (C=O) groups is 2. The molecular formula is C16H17ClN2O6S2. The first-order valence-corrected chi connectivity index (χ1v) is 11.1. The van der Waals surface area contributed by atoms with E-state index in [0.29, 0.717) is 16.7 Å². The summed E-state index contributed by atoms with van der Waals surface area (Å²) >= 11 is 7.46. The van der Waals surface area contributed by atoms with Crippen molar-refractivity contribution in [3.8, 4) is 0 Å². The number of aliphatic imine (C=N–C) groups is 1. The molecule has 1 N–H and O–H groups in total. The largest absolute Gasteiger partial charge is 0.480 e.